The van der Waals surface area contributed by atoms with Crippen LogP contribution in [0.5, 0.6) is 0 Å². The van der Waals surface area contributed by atoms with Crippen LogP contribution in [0.2, 0.25) is 0 Å². The Morgan fingerprint density at radius 1 is 0.848 bits per heavy atom. The van der Waals surface area contributed by atoms with E-state index in [0.717, 1.165) is 106 Å². The van der Waals surface area contributed by atoms with Crippen molar-refractivity contribution in [2.24, 2.45) is 0 Å². The molecule has 1 aliphatic carbocycles. The molecule has 2 aromatic carbocycles. The van der Waals surface area contributed by atoms with E-state index in [-0.39, 0.29) is 41.2 Å². The number of nitrogens with one attached hydrogen (secondary N) is 2. The van der Waals surface area contributed by atoms with E-state index in [4.69, 9.17) is 9.97 Å². The van der Waals surface area contributed by atoms with Gasteiger partial charge in [0.1, 0.15) is 11.7 Å². The van der Waals surface area contributed by atoms with Gasteiger partial charge in [-0.05, 0) is 118 Å². The molecule has 0 bridgehead atoms. The number of imide groups is 1. The maximum absolute atomic E-state index is 13.6. The molecule has 1 saturated carbocycles. The maximum atomic E-state index is 13.6. The molecule has 5 aliphatic rings. The summed E-state index contributed by atoms with van der Waals surface area (Å²) in [6.07, 6.45) is 11.2. The summed E-state index contributed by atoms with van der Waals surface area (Å²) in [7, 11) is 0. The number of nitrogens with zero attached hydrogens (tertiary/aromatic N) is 7. The van der Waals surface area contributed by atoms with E-state index >= 15 is 0 Å². The number of carbonyl (C=O) groups is 4. The molecule has 4 fully saturated rings. The van der Waals surface area contributed by atoms with Crippen molar-refractivity contribution in [1.82, 2.24) is 39.5 Å². The zero-order valence-corrected chi connectivity index (χ0v) is 37.7. The number of fused-ring (bicyclic) bond motifs is 2. The number of pyridine rings is 2. The Morgan fingerprint density at radius 2 is 1.55 bits per heavy atom. The number of rotatable bonds is 11. The van der Waals surface area contributed by atoms with Gasteiger partial charge in [0.15, 0.2) is 5.78 Å². The first kappa shape index (κ1) is 43.7. The number of likely N-dealkylation sites (tertiary alicyclic amines) is 2. The van der Waals surface area contributed by atoms with Gasteiger partial charge in [0.2, 0.25) is 17.8 Å². The van der Waals surface area contributed by atoms with Gasteiger partial charge < -0.3 is 15.3 Å². The maximum Gasteiger partial charge on any atom is 0.263 e. The van der Waals surface area contributed by atoms with Gasteiger partial charge in [0, 0.05) is 73.9 Å². The molecular formula is C51H57N9O6. The Morgan fingerprint density at radius 3 is 2.20 bits per heavy atom. The predicted octanol–water partition coefficient (Wildman–Crippen LogP) is 6.18. The number of amides is 3. The molecule has 0 radical (unpaired) electrons. The molecule has 5 aromatic rings. The lowest BCUT2D eigenvalue weighted by Crippen LogP contribution is -2.52. The minimum atomic E-state index is -0.994. The summed E-state index contributed by atoms with van der Waals surface area (Å²) in [5.41, 5.74) is 6.70. The van der Waals surface area contributed by atoms with Gasteiger partial charge >= 0.3 is 0 Å². The van der Waals surface area contributed by atoms with Crippen molar-refractivity contribution in [1.29, 1.82) is 0 Å². The van der Waals surface area contributed by atoms with Crippen LogP contribution in [0.15, 0.2) is 71.8 Å². The van der Waals surface area contributed by atoms with Gasteiger partial charge in [-0.3, -0.25) is 48.6 Å². The number of piperidine rings is 3. The first-order valence-electron chi connectivity index (χ1n) is 23.6. The van der Waals surface area contributed by atoms with Gasteiger partial charge in [0.05, 0.1) is 23.0 Å². The second-order valence-corrected chi connectivity index (χ2v) is 19.1. The Hall–Kier alpha value is -6.16. The van der Waals surface area contributed by atoms with Crippen LogP contribution in [0.3, 0.4) is 0 Å². The molecule has 0 spiro atoms. The highest BCUT2D eigenvalue weighted by atomic mass is 16.3. The van der Waals surface area contributed by atoms with E-state index in [2.05, 4.69) is 55.7 Å². The van der Waals surface area contributed by atoms with E-state index in [9.17, 15) is 29.1 Å². The number of benzene rings is 2. The minimum absolute atomic E-state index is 0.0181. The lowest BCUT2D eigenvalue weighted by Gasteiger charge is -2.38. The van der Waals surface area contributed by atoms with Gasteiger partial charge in [-0.15, -0.1) is 0 Å². The van der Waals surface area contributed by atoms with E-state index < -0.39 is 17.6 Å². The number of ketones is 1. The molecule has 3 aromatic heterocycles. The highest BCUT2D eigenvalue weighted by molar-refractivity contribution is 6.05. The molecule has 3 saturated heterocycles. The van der Waals surface area contributed by atoms with Crippen molar-refractivity contribution in [3.8, 4) is 0 Å². The SMILES string of the molecule is CC(=O)c1c(C)c2cnc(Nc3ccc(C4CCN(Cc5ccc(CN6CCC(O)(c7ccc8c(c7)CN(C7CCC(=O)NC7=O)C8=O)CC6)cc5)CC4)nc3)nc2n(C2CCCC2)c1=O. The summed E-state index contributed by atoms with van der Waals surface area (Å²) in [5.74, 6) is -0.417. The number of aliphatic hydroxyl groups is 1. The summed E-state index contributed by atoms with van der Waals surface area (Å²) in [6, 6.07) is 17.9. The molecule has 1 unspecified atom stereocenters. The zero-order chi connectivity index (χ0) is 45.7. The lowest BCUT2D eigenvalue weighted by molar-refractivity contribution is -0.136. The number of aryl methyl sites for hydroxylation is 1. The molecule has 7 heterocycles. The molecule has 4 aliphatic heterocycles. The topological polar surface area (TPSA) is 183 Å². The molecule has 342 valence electrons. The fourth-order valence-corrected chi connectivity index (χ4v) is 11.0. The highest BCUT2D eigenvalue weighted by Crippen LogP contribution is 2.38. The third kappa shape index (κ3) is 8.55. The molecule has 66 heavy (non-hydrogen) atoms. The number of Topliss-reactive ketones (excluding diaryl/α,β-unsaturated/α-hetero) is 1. The number of anilines is 2. The van der Waals surface area contributed by atoms with E-state index in [1.54, 1.807) is 28.7 Å². The van der Waals surface area contributed by atoms with Crippen molar-refractivity contribution in [3.05, 3.63) is 122 Å². The van der Waals surface area contributed by atoms with Crippen LogP contribution in [-0.2, 0) is 34.8 Å². The number of aromatic nitrogens is 4. The van der Waals surface area contributed by atoms with Gasteiger partial charge in [-0.2, -0.15) is 4.98 Å². The van der Waals surface area contributed by atoms with E-state index in [0.29, 0.717) is 54.4 Å². The van der Waals surface area contributed by atoms with Crippen molar-refractivity contribution in [2.75, 3.05) is 31.5 Å². The van der Waals surface area contributed by atoms with Crippen molar-refractivity contribution in [3.63, 3.8) is 0 Å². The van der Waals surface area contributed by atoms with Crippen LogP contribution in [0.25, 0.3) is 11.0 Å². The summed E-state index contributed by atoms with van der Waals surface area (Å²) in [5, 5.41) is 18.1. The second kappa shape index (κ2) is 17.9. The van der Waals surface area contributed by atoms with Crippen molar-refractivity contribution < 1.29 is 24.3 Å². The van der Waals surface area contributed by atoms with E-state index in [1.165, 1.54) is 18.1 Å². The zero-order valence-electron chi connectivity index (χ0n) is 37.7. The number of carbonyl (C=O) groups excluding carboxylic acids is 4. The van der Waals surface area contributed by atoms with E-state index in [1.807, 2.05) is 24.4 Å². The van der Waals surface area contributed by atoms with Gasteiger partial charge in [0.25, 0.3) is 11.5 Å². The summed E-state index contributed by atoms with van der Waals surface area (Å²) >= 11 is 0. The largest absolute Gasteiger partial charge is 0.385 e. The standard InChI is InChI=1S/C51H57N9O6/c1-31-41-27-53-50(56-46(41)60(39-5-3-4-6-39)49(65)45(31)32(2)61)54-38-12-14-42(52-26-38)35-17-21-57(22-18-35)28-33-7-9-34(10-8-33)29-58-23-19-51(66,20-24-58)37-11-13-40-36(25-37)30-59(48(40)64)43-15-16-44(62)55-47(43)63/h7-14,25-27,35,39,43,66H,3-6,15-24,28-30H2,1-2H3,(H,53,54,56)(H,55,62,63). The Labute approximate surface area is 383 Å². The Kier molecular flexibility index (Phi) is 11.9. The predicted molar refractivity (Wildman–Crippen MR) is 248 cm³/mol. The molecule has 1 atom stereocenters. The molecule has 10 rings (SSSR count). The third-order valence-corrected chi connectivity index (χ3v) is 14.9. The van der Waals surface area contributed by atoms with Crippen LogP contribution in [0.1, 0.15) is 137 Å². The fourth-order valence-electron chi connectivity index (χ4n) is 11.0. The van der Waals surface area contributed by atoms with Crippen LogP contribution >= 0.6 is 0 Å². The van der Waals surface area contributed by atoms with Gasteiger partial charge in [-0.1, -0.05) is 49.2 Å². The van der Waals surface area contributed by atoms with Crippen LogP contribution in [-0.4, -0.2) is 95.1 Å². The van der Waals surface area contributed by atoms with Gasteiger partial charge in [-0.25, -0.2) is 4.98 Å². The van der Waals surface area contributed by atoms with Crippen molar-refractivity contribution in [2.45, 2.75) is 121 Å². The van der Waals surface area contributed by atoms with Crippen LogP contribution in [0, 0.1) is 6.92 Å². The molecule has 15 nitrogen and oxygen atoms in total. The quantitative estimate of drug-likeness (QED) is 0.101. The normalized spacial score (nSPS) is 20.8. The number of hydrogen-bond donors (Lipinski definition) is 3. The first-order valence-corrected chi connectivity index (χ1v) is 23.6. The molecular weight excluding hydrogens is 835 g/mol. The summed E-state index contributed by atoms with van der Waals surface area (Å²) < 4.78 is 1.73. The second-order valence-electron chi connectivity index (χ2n) is 19.1. The average Bonchev–Trinajstić information content (AvgIpc) is 3.96. The average molecular weight is 892 g/mol. The Balaban J connectivity index is 0.693. The van der Waals surface area contributed by atoms with Crippen LogP contribution < -0.4 is 16.2 Å². The Bertz CT molecular complexity index is 2770. The summed E-state index contributed by atoms with van der Waals surface area (Å²) in [4.78, 5) is 84.1. The monoisotopic (exact) mass is 891 g/mol. The molecule has 15 heteroatoms. The number of hydrogen-bond acceptors (Lipinski definition) is 12. The smallest absolute Gasteiger partial charge is 0.263 e. The highest BCUT2D eigenvalue weighted by Gasteiger charge is 2.41. The minimum Gasteiger partial charge on any atom is -0.385 e. The van der Waals surface area contributed by atoms with Crippen LogP contribution in [0.4, 0.5) is 11.6 Å². The molecule has 3 amide bonds. The first-order chi connectivity index (χ1) is 31.9. The third-order valence-electron chi connectivity index (χ3n) is 14.9. The van der Waals surface area contributed by atoms with Crippen molar-refractivity contribution >= 4 is 46.2 Å². The fraction of sp³-hybridized carbons (Fsp3) is 0.451. The summed E-state index contributed by atoms with van der Waals surface area (Å²) in [6.45, 7) is 8.71. The lowest BCUT2D eigenvalue weighted by atomic mass is 9.83. The molecule has 3 N–H and O–H groups in total.